The van der Waals surface area contributed by atoms with Crippen LogP contribution in [0.1, 0.15) is 0 Å². The Morgan fingerprint density at radius 1 is 0.968 bits per heavy atom. The van der Waals surface area contributed by atoms with E-state index in [2.05, 4.69) is 4.90 Å². The van der Waals surface area contributed by atoms with Crippen molar-refractivity contribution in [2.45, 2.75) is 0 Å². The molecule has 7 nitrogen and oxygen atoms in total. The summed E-state index contributed by atoms with van der Waals surface area (Å²) in [6.45, 7) is 3.64. The Hall–Kier alpha value is -2.64. The number of hydrogen-bond acceptors (Lipinski definition) is 4. The van der Waals surface area contributed by atoms with E-state index in [4.69, 9.17) is 27.9 Å². The molecule has 0 N–H and O–H groups in total. The summed E-state index contributed by atoms with van der Waals surface area (Å²) in [4.78, 5) is 32.8. The molecule has 3 amide bonds. The van der Waals surface area contributed by atoms with Crippen LogP contribution in [0.3, 0.4) is 0 Å². The molecule has 0 spiro atoms. The molecule has 4 rings (SSSR count). The fourth-order valence-corrected chi connectivity index (χ4v) is 4.34. The van der Waals surface area contributed by atoms with Crippen LogP contribution in [0.15, 0.2) is 42.5 Å². The number of amides is 3. The van der Waals surface area contributed by atoms with Gasteiger partial charge >= 0.3 is 6.03 Å². The van der Waals surface area contributed by atoms with Crippen molar-refractivity contribution in [1.82, 2.24) is 9.80 Å². The molecule has 9 heteroatoms. The molecular weight excluding hydrogens is 439 g/mol. The number of carbonyl (C=O) groups excluding carboxylic acids is 2. The van der Waals surface area contributed by atoms with Gasteiger partial charge in [0.25, 0.3) is 0 Å². The molecular formula is C22H24Cl2N4O3. The Kier molecular flexibility index (Phi) is 6.43. The molecule has 2 fully saturated rings. The van der Waals surface area contributed by atoms with E-state index < -0.39 is 0 Å². The van der Waals surface area contributed by atoms with E-state index >= 15 is 0 Å². The molecule has 0 aromatic heterocycles. The minimum Gasteiger partial charge on any atom is -0.497 e. The van der Waals surface area contributed by atoms with Crippen molar-refractivity contribution >= 4 is 46.5 Å². The van der Waals surface area contributed by atoms with Crippen LogP contribution in [-0.4, -0.2) is 74.7 Å². The van der Waals surface area contributed by atoms with Gasteiger partial charge in [0.2, 0.25) is 5.91 Å². The van der Waals surface area contributed by atoms with Crippen molar-refractivity contribution in [2.75, 3.05) is 62.7 Å². The molecule has 0 unspecified atom stereocenters. The summed E-state index contributed by atoms with van der Waals surface area (Å²) in [5, 5.41) is 1.05. The monoisotopic (exact) mass is 462 g/mol. The number of hydrogen-bond donors (Lipinski definition) is 0. The van der Waals surface area contributed by atoms with Gasteiger partial charge in [0.1, 0.15) is 12.3 Å². The van der Waals surface area contributed by atoms with Crippen LogP contribution in [0, 0.1) is 0 Å². The second kappa shape index (κ2) is 9.24. The van der Waals surface area contributed by atoms with Gasteiger partial charge in [-0.1, -0.05) is 29.3 Å². The Bertz CT molecular complexity index is 962. The molecule has 31 heavy (non-hydrogen) atoms. The molecule has 164 valence electrons. The largest absolute Gasteiger partial charge is 0.497 e. The molecule has 0 aliphatic carbocycles. The molecule has 2 saturated heterocycles. The highest BCUT2D eigenvalue weighted by Gasteiger charge is 2.32. The maximum Gasteiger partial charge on any atom is 0.325 e. The van der Waals surface area contributed by atoms with Gasteiger partial charge in [-0.25, -0.2) is 4.79 Å². The van der Waals surface area contributed by atoms with E-state index in [1.165, 1.54) is 0 Å². The highest BCUT2D eigenvalue weighted by atomic mass is 35.5. The standard InChI is InChI=1S/C22H24Cl2N4O3/c1-31-17-7-5-16(6-8-17)28-14-13-27(22(28)30)15-20(29)26-11-9-25(10-12-26)19-4-2-3-18(23)21(19)24/h2-8H,9-15H2,1H3. The summed E-state index contributed by atoms with van der Waals surface area (Å²) in [6.07, 6.45) is 0. The summed E-state index contributed by atoms with van der Waals surface area (Å²) < 4.78 is 5.17. The third-order valence-electron chi connectivity index (χ3n) is 5.71. The molecule has 2 heterocycles. The second-order valence-corrected chi connectivity index (χ2v) is 8.28. The molecule has 2 aromatic carbocycles. The van der Waals surface area contributed by atoms with Crippen LogP contribution in [0.4, 0.5) is 16.2 Å². The molecule has 2 aliphatic heterocycles. The first-order valence-corrected chi connectivity index (χ1v) is 10.9. The number of piperazine rings is 1. The van der Waals surface area contributed by atoms with E-state index in [9.17, 15) is 9.59 Å². The molecule has 0 atom stereocenters. The minimum absolute atomic E-state index is 0.0400. The molecule has 0 saturated carbocycles. The molecule has 0 radical (unpaired) electrons. The number of urea groups is 1. The SMILES string of the molecule is COc1ccc(N2CCN(CC(=O)N3CCN(c4cccc(Cl)c4Cl)CC3)C2=O)cc1. The van der Waals surface area contributed by atoms with E-state index in [1.807, 2.05) is 36.4 Å². The first kappa shape index (κ1) is 21.6. The van der Waals surface area contributed by atoms with Crippen molar-refractivity contribution in [3.63, 3.8) is 0 Å². The van der Waals surface area contributed by atoms with E-state index in [-0.39, 0.29) is 18.5 Å². The van der Waals surface area contributed by atoms with Crippen LogP contribution in [0.5, 0.6) is 5.75 Å². The first-order valence-electron chi connectivity index (χ1n) is 10.1. The zero-order chi connectivity index (χ0) is 22.0. The summed E-state index contributed by atoms with van der Waals surface area (Å²) in [7, 11) is 1.60. The van der Waals surface area contributed by atoms with Gasteiger partial charge in [-0.05, 0) is 36.4 Å². The Balaban J connectivity index is 1.32. The number of carbonyl (C=O) groups is 2. The number of methoxy groups -OCH3 is 1. The number of rotatable bonds is 5. The Morgan fingerprint density at radius 3 is 2.35 bits per heavy atom. The van der Waals surface area contributed by atoms with Gasteiger partial charge < -0.3 is 19.4 Å². The lowest BCUT2D eigenvalue weighted by Crippen LogP contribution is -2.51. The van der Waals surface area contributed by atoms with Gasteiger partial charge in [-0.3, -0.25) is 9.69 Å². The Labute approximate surface area is 191 Å². The minimum atomic E-state index is -0.150. The highest BCUT2D eigenvalue weighted by molar-refractivity contribution is 6.43. The zero-order valence-electron chi connectivity index (χ0n) is 17.3. The second-order valence-electron chi connectivity index (χ2n) is 7.49. The topological polar surface area (TPSA) is 56.3 Å². The fourth-order valence-electron chi connectivity index (χ4n) is 3.93. The third-order valence-corrected chi connectivity index (χ3v) is 6.52. The van der Waals surface area contributed by atoms with Crippen LogP contribution >= 0.6 is 23.2 Å². The number of ether oxygens (including phenoxy) is 1. The molecule has 2 aliphatic rings. The lowest BCUT2D eigenvalue weighted by Gasteiger charge is -2.37. The van der Waals surface area contributed by atoms with E-state index in [1.54, 1.807) is 27.9 Å². The molecule has 0 bridgehead atoms. The van der Waals surface area contributed by atoms with Gasteiger partial charge in [0.15, 0.2) is 0 Å². The number of nitrogens with zero attached hydrogens (tertiary/aromatic N) is 4. The average Bonchev–Trinajstić information content (AvgIpc) is 3.16. The third kappa shape index (κ3) is 4.52. The first-order chi connectivity index (χ1) is 15.0. The van der Waals surface area contributed by atoms with Crippen molar-refractivity contribution in [2.24, 2.45) is 0 Å². The van der Waals surface area contributed by atoms with Crippen LogP contribution in [-0.2, 0) is 4.79 Å². The number of benzene rings is 2. The van der Waals surface area contributed by atoms with Gasteiger partial charge in [0, 0.05) is 45.0 Å². The zero-order valence-corrected chi connectivity index (χ0v) is 18.8. The molecule has 2 aromatic rings. The summed E-state index contributed by atoms with van der Waals surface area (Å²) >= 11 is 12.4. The number of halogens is 2. The van der Waals surface area contributed by atoms with E-state index in [0.29, 0.717) is 49.3 Å². The van der Waals surface area contributed by atoms with Crippen molar-refractivity contribution in [1.29, 1.82) is 0 Å². The van der Waals surface area contributed by atoms with Crippen LogP contribution < -0.4 is 14.5 Å². The maximum absolute atomic E-state index is 12.8. The predicted molar refractivity (Wildman–Crippen MR) is 123 cm³/mol. The predicted octanol–water partition coefficient (Wildman–Crippen LogP) is 3.59. The van der Waals surface area contributed by atoms with Crippen LogP contribution in [0.25, 0.3) is 0 Å². The average molecular weight is 463 g/mol. The summed E-state index contributed by atoms with van der Waals surface area (Å²) in [5.74, 6) is 0.697. The van der Waals surface area contributed by atoms with Gasteiger partial charge in [-0.2, -0.15) is 0 Å². The van der Waals surface area contributed by atoms with Crippen molar-refractivity contribution in [3.8, 4) is 5.75 Å². The number of anilines is 2. The lowest BCUT2D eigenvalue weighted by atomic mass is 10.2. The normalized spacial score (nSPS) is 16.8. The van der Waals surface area contributed by atoms with E-state index in [0.717, 1.165) is 17.1 Å². The summed E-state index contributed by atoms with van der Waals surface area (Å²) in [6, 6.07) is 12.8. The lowest BCUT2D eigenvalue weighted by molar-refractivity contribution is -0.131. The Morgan fingerprint density at radius 2 is 1.68 bits per heavy atom. The maximum atomic E-state index is 12.8. The highest BCUT2D eigenvalue weighted by Crippen LogP contribution is 2.33. The van der Waals surface area contributed by atoms with Crippen molar-refractivity contribution < 1.29 is 14.3 Å². The van der Waals surface area contributed by atoms with Gasteiger partial charge in [-0.15, -0.1) is 0 Å². The quantitative estimate of drug-likeness (QED) is 0.680. The van der Waals surface area contributed by atoms with Crippen molar-refractivity contribution in [3.05, 3.63) is 52.5 Å². The smallest absolute Gasteiger partial charge is 0.325 e. The van der Waals surface area contributed by atoms with Gasteiger partial charge in [0.05, 0.1) is 22.8 Å². The van der Waals surface area contributed by atoms with Crippen LogP contribution in [0.2, 0.25) is 10.0 Å². The fraction of sp³-hybridized carbons (Fsp3) is 0.364. The summed E-state index contributed by atoms with van der Waals surface area (Å²) in [5.41, 5.74) is 1.68.